The molecule has 3 rings (SSSR count). The normalized spacial score (nSPS) is 32.6. The monoisotopic (exact) mass is 195 g/mol. The van der Waals surface area contributed by atoms with Crippen molar-refractivity contribution in [1.82, 2.24) is 15.1 Å². The Labute approximate surface area is 86.4 Å². The molecule has 0 radical (unpaired) electrons. The summed E-state index contributed by atoms with van der Waals surface area (Å²) in [5, 5.41) is 3.42. The first kappa shape index (κ1) is 9.13. The van der Waals surface area contributed by atoms with Crippen molar-refractivity contribution in [3.05, 3.63) is 0 Å². The van der Waals surface area contributed by atoms with Crippen molar-refractivity contribution in [2.45, 2.75) is 31.3 Å². The van der Waals surface area contributed by atoms with Crippen LogP contribution in [0.15, 0.2) is 0 Å². The third-order valence-electron chi connectivity index (χ3n) is 4.15. The fraction of sp³-hybridized carbons (Fsp3) is 1.00. The van der Waals surface area contributed by atoms with Crippen molar-refractivity contribution < 1.29 is 0 Å². The third-order valence-corrected chi connectivity index (χ3v) is 4.15. The molecule has 3 heteroatoms. The molecular weight excluding hydrogens is 174 g/mol. The highest BCUT2D eigenvalue weighted by Gasteiger charge is 2.37. The fourth-order valence-corrected chi connectivity index (χ4v) is 2.82. The van der Waals surface area contributed by atoms with E-state index in [2.05, 4.69) is 15.1 Å². The number of hydrogen-bond acceptors (Lipinski definition) is 3. The number of nitrogens with one attached hydrogen (secondary N) is 1. The predicted octanol–water partition coefficient (Wildman–Crippen LogP) is 0.128. The molecule has 0 unspecified atom stereocenters. The minimum absolute atomic E-state index is 0.887. The van der Waals surface area contributed by atoms with Crippen LogP contribution in [0.2, 0.25) is 0 Å². The van der Waals surface area contributed by atoms with Gasteiger partial charge in [0.05, 0.1) is 0 Å². The van der Waals surface area contributed by atoms with Gasteiger partial charge in [0.25, 0.3) is 0 Å². The van der Waals surface area contributed by atoms with Gasteiger partial charge in [-0.1, -0.05) is 6.42 Å². The lowest BCUT2D eigenvalue weighted by Gasteiger charge is -2.52. The van der Waals surface area contributed by atoms with Gasteiger partial charge in [-0.15, -0.1) is 0 Å². The first-order valence-electron chi connectivity index (χ1n) is 6.12. The molecular formula is C11H21N3. The Bertz CT molecular complexity index is 191. The van der Waals surface area contributed by atoms with E-state index in [1.165, 1.54) is 58.5 Å². The lowest BCUT2D eigenvalue weighted by Crippen LogP contribution is -2.65. The molecule has 0 atom stereocenters. The molecule has 0 aromatic heterocycles. The quantitative estimate of drug-likeness (QED) is 0.675. The third kappa shape index (κ3) is 1.58. The van der Waals surface area contributed by atoms with E-state index in [0.717, 1.165) is 12.1 Å². The molecule has 0 spiro atoms. The highest BCUT2D eigenvalue weighted by atomic mass is 15.3. The van der Waals surface area contributed by atoms with Gasteiger partial charge in [-0.3, -0.25) is 9.80 Å². The summed E-state index contributed by atoms with van der Waals surface area (Å²) in [7, 11) is 0. The summed E-state index contributed by atoms with van der Waals surface area (Å²) in [6, 6.07) is 1.85. The Morgan fingerprint density at radius 1 is 0.857 bits per heavy atom. The number of hydrogen-bond donors (Lipinski definition) is 1. The standard InChI is InChI=1S/C11H21N3/c1-2-10(3-1)14-8-11(9-14)13-6-4-12-5-7-13/h10-12H,1-9H2. The van der Waals surface area contributed by atoms with Crippen LogP contribution in [0.4, 0.5) is 0 Å². The van der Waals surface area contributed by atoms with Gasteiger partial charge in [0.2, 0.25) is 0 Å². The first-order chi connectivity index (χ1) is 6.93. The van der Waals surface area contributed by atoms with Gasteiger partial charge in [0, 0.05) is 51.4 Å². The number of likely N-dealkylation sites (tertiary alicyclic amines) is 1. The fourth-order valence-electron chi connectivity index (χ4n) is 2.82. The molecule has 80 valence electrons. The minimum Gasteiger partial charge on any atom is -0.314 e. The van der Waals surface area contributed by atoms with Crippen LogP contribution in [0.3, 0.4) is 0 Å². The van der Waals surface area contributed by atoms with Crippen molar-refractivity contribution >= 4 is 0 Å². The van der Waals surface area contributed by atoms with Gasteiger partial charge >= 0.3 is 0 Å². The lowest BCUT2D eigenvalue weighted by molar-refractivity contribution is -0.0220. The number of rotatable bonds is 2. The topological polar surface area (TPSA) is 18.5 Å². The molecule has 0 bridgehead atoms. The van der Waals surface area contributed by atoms with Crippen molar-refractivity contribution in [3.63, 3.8) is 0 Å². The predicted molar refractivity (Wildman–Crippen MR) is 57.4 cm³/mol. The molecule has 2 aliphatic heterocycles. The van der Waals surface area contributed by atoms with E-state index in [0.29, 0.717) is 0 Å². The second kappa shape index (κ2) is 3.80. The average Bonchev–Trinajstić information content (AvgIpc) is 2.09. The molecule has 2 saturated heterocycles. The molecule has 0 amide bonds. The maximum absolute atomic E-state index is 3.42. The molecule has 0 aromatic carbocycles. The number of piperazine rings is 1. The van der Waals surface area contributed by atoms with E-state index in [9.17, 15) is 0 Å². The molecule has 1 saturated carbocycles. The van der Waals surface area contributed by atoms with E-state index in [1.807, 2.05) is 0 Å². The summed E-state index contributed by atoms with van der Waals surface area (Å²) < 4.78 is 0. The molecule has 14 heavy (non-hydrogen) atoms. The highest BCUT2D eigenvalue weighted by molar-refractivity contribution is 4.95. The van der Waals surface area contributed by atoms with E-state index >= 15 is 0 Å². The van der Waals surface area contributed by atoms with Gasteiger partial charge in [0.15, 0.2) is 0 Å². The van der Waals surface area contributed by atoms with Crippen LogP contribution in [-0.4, -0.2) is 61.2 Å². The Hall–Kier alpha value is -0.120. The van der Waals surface area contributed by atoms with E-state index < -0.39 is 0 Å². The summed E-state index contributed by atoms with van der Waals surface area (Å²) in [5.74, 6) is 0. The zero-order chi connectivity index (χ0) is 9.38. The van der Waals surface area contributed by atoms with E-state index in [-0.39, 0.29) is 0 Å². The molecule has 3 nitrogen and oxygen atoms in total. The Morgan fingerprint density at radius 2 is 1.57 bits per heavy atom. The van der Waals surface area contributed by atoms with Gasteiger partial charge < -0.3 is 5.32 Å². The van der Waals surface area contributed by atoms with Crippen molar-refractivity contribution in [2.24, 2.45) is 0 Å². The molecule has 0 aromatic rings. The van der Waals surface area contributed by atoms with E-state index in [4.69, 9.17) is 0 Å². The summed E-state index contributed by atoms with van der Waals surface area (Å²) in [6.45, 7) is 7.63. The van der Waals surface area contributed by atoms with Gasteiger partial charge in [-0.05, 0) is 12.8 Å². The molecule has 1 N–H and O–H groups in total. The van der Waals surface area contributed by atoms with Crippen LogP contribution in [0, 0.1) is 0 Å². The largest absolute Gasteiger partial charge is 0.314 e. The molecule has 1 aliphatic carbocycles. The van der Waals surface area contributed by atoms with E-state index in [1.54, 1.807) is 0 Å². The summed E-state index contributed by atoms with van der Waals surface area (Å²) >= 11 is 0. The van der Waals surface area contributed by atoms with Crippen molar-refractivity contribution in [3.8, 4) is 0 Å². The summed E-state index contributed by atoms with van der Waals surface area (Å²) in [5.41, 5.74) is 0. The van der Waals surface area contributed by atoms with Crippen LogP contribution in [0.25, 0.3) is 0 Å². The summed E-state index contributed by atoms with van der Waals surface area (Å²) in [6.07, 6.45) is 4.40. The smallest absolute Gasteiger partial charge is 0.0351 e. The zero-order valence-electron chi connectivity index (χ0n) is 8.91. The average molecular weight is 195 g/mol. The second-order valence-corrected chi connectivity index (χ2v) is 4.98. The molecule has 2 heterocycles. The van der Waals surface area contributed by atoms with Crippen LogP contribution in [0.5, 0.6) is 0 Å². The van der Waals surface area contributed by atoms with Gasteiger partial charge in [-0.25, -0.2) is 0 Å². The van der Waals surface area contributed by atoms with Crippen molar-refractivity contribution in [2.75, 3.05) is 39.3 Å². The van der Waals surface area contributed by atoms with Crippen molar-refractivity contribution in [1.29, 1.82) is 0 Å². The zero-order valence-corrected chi connectivity index (χ0v) is 8.91. The Morgan fingerprint density at radius 3 is 2.14 bits per heavy atom. The Balaban J connectivity index is 1.43. The molecule has 3 fully saturated rings. The molecule has 3 aliphatic rings. The van der Waals surface area contributed by atoms with Crippen LogP contribution in [-0.2, 0) is 0 Å². The Kier molecular flexibility index (Phi) is 2.48. The maximum atomic E-state index is 3.42. The maximum Gasteiger partial charge on any atom is 0.0351 e. The SMILES string of the molecule is C1CC(N2CC(N3CCNCC3)C2)C1. The van der Waals surface area contributed by atoms with Crippen LogP contribution >= 0.6 is 0 Å². The summed E-state index contributed by atoms with van der Waals surface area (Å²) in [4.78, 5) is 5.36. The van der Waals surface area contributed by atoms with Crippen LogP contribution in [0.1, 0.15) is 19.3 Å². The van der Waals surface area contributed by atoms with Crippen LogP contribution < -0.4 is 5.32 Å². The second-order valence-electron chi connectivity index (χ2n) is 4.98. The number of nitrogens with zero attached hydrogens (tertiary/aromatic N) is 2. The minimum atomic E-state index is 0.887. The van der Waals surface area contributed by atoms with Gasteiger partial charge in [-0.2, -0.15) is 0 Å². The van der Waals surface area contributed by atoms with Gasteiger partial charge in [0.1, 0.15) is 0 Å². The highest BCUT2D eigenvalue weighted by Crippen LogP contribution is 2.29. The first-order valence-corrected chi connectivity index (χ1v) is 6.12. The lowest BCUT2D eigenvalue weighted by atomic mass is 9.88.